The van der Waals surface area contributed by atoms with Gasteiger partial charge in [0.15, 0.2) is 0 Å². The summed E-state index contributed by atoms with van der Waals surface area (Å²) < 4.78 is 10.7. The SMILES string of the molecule is CC(OC(=O)C1(C)COCC1N)c1ccccc1. The predicted molar refractivity (Wildman–Crippen MR) is 67.9 cm³/mol. The van der Waals surface area contributed by atoms with E-state index in [2.05, 4.69) is 0 Å². The van der Waals surface area contributed by atoms with E-state index in [9.17, 15) is 4.79 Å². The van der Waals surface area contributed by atoms with Crippen molar-refractivity contribution in [2.75, 3.05) is 13.2 Å². The van der Waals surface area contributed by atoms with Crippen molar-refractivity contribution >= 4 is 5.97 Å². The van der Waals surface area contributed by atoms with Gasteiger partial charge in [0.2, 0.25) is 0 Å². The fraction of sp³-hybridized carbons (Fsp3) is 0.500. The van der Waals surface area contributed by atoms with E-state index in [4.69, 9.17) is 15.2 Å². The molecule has 1 aliphatic heterocycles. The van der Waals surface area contributed by atoms with Crippen molar-refractivity contribution in [1.29, 1.82) is 0 Å². The highest BCUT2D eigenvalue weighted by Gasteiger charge is 2.46. The van der Waals surface area contributed by atoms with Crippen molar-refractivity contribution in [3.05, 3.63) is 35.9 Å². The number of hydrogen-bond donors (Lipinski definition) is 1. The summed E-state index contributed by atoms with van der Waals surface area (Å²) in [6.45, 7) is 4.39. The molecule has 1 saturated heterocycles. The minimum Gasteiger partial charge on any atom is -0.457 e. The summed E-state index contributed by atoms with van der Waals surface area (Å²) >= 11 is 0. The van der Waals surface area contributed by atoms with Gasteiger partial charge in [-0.05, 0) is 19.4 Å². The summed E-state index contributed by atoms with van der Waals surface area (Å²) in [6.07, 6.45) is -0.275. The Morgan fingerprint density at radius 2 is 2.17 bits per heavy atom. The summed E-state index contributed by atoms with van der Waals surface area (Å²) in [7, 11) is 0. The molecule has 98 valence electrons. The number of esters is 1. The largest absolute Gasteiger partial charge is 0.457 e. The Kier molecular flexibility index (Phi) is 3.68. The van der Waals surface area contributed by atoms with E-state index in [1.165, 1.54) is 0 Å². The van der Waals surface area contributed by atoms with Gasteiger partial charge >= 0.3 is 5.97 Å². The molecule has 1 fully saturated rings. The van der Waals surface area contributed by atoms with Gasteiger partial charge in [0.1, 0.15) is 11.5 Å². The van der Waals surface area contributed by atoms with Crippen LogP contribution >= 0.6 is 0 Å². The number of benzene rings is 1. The molecule has 1 aliphatic rings. The highest BCUT2D eigenvalue weighted by atomic mass is 16.6. The Hall–Kier alpha value is -1.39. The lowest BCUT2D eigenvalue weighted by molar-refractivity contribution is -0.160. The number of nitrogens with two attached hydrogens (primary N) is 1. The third-order valence-corrected chi connectivity index (χ3v) is 3.54. The first kappa shape index (κ1) is 13.1. The number of rotatable bonds is 3. The van der Waals surface area contributed by atoms with Crippen LogP contribution in [0.1, 0.15) is 25.5 Å². The molecule has 2 rings (SSSR count). The quantitative estimate of drug-likeness (QED) is 0.827. The monoisotopic (exact) mass is 249 g/mol. The summed E-state index contributed by atoms with van der Waals surface area (Å²) in [5, 5.41) is 0. The smallest absolute Gasteiger partial charge is 0.316 e. The zero-order valence-corrected chi connectivity index (χ0v) is 10.8. The highest BCUT2D eigenvalue weighted by Crippen LogP contribution is 2.31. The maximum atomic E-state index is 12.2. The molecule has 1 heterocycles. The molecule has 0 aromatic heterocycles. The molecule has 0 aliphatic carbocycles. The van der Waals surface area contributed by atoms with Crippen molar-refractivity contribution < 1.29 is 14.3 Å². The molecule has 18 heavy (non-hydrogen) atoms. The second kappa shape index (κ2) is 5.08. The fourth-order valence-corrected chi connectivity index (χ4v) is 1.99. The lowest BCUT2D eigenvalue weighted by atomic mass is 9.86. The van der Waals surface area contributed by atoms with Gasteiger partial charge in [-0.3, -0.25) is 4.79 Å². The summed E-state index contributed by atoms with van der Waals surface area (Å²) in [6, 6.07) is 9.35. The van der Waals surface area contributed by atoms with Crippen molar-refractivity contribution in [1.82, 2.24) is 0 Å². The van der Waals surface area contributed by atoms with E-state index in [1.807, 2.05) is 37.3 Å². The van der Waals surface area contributed by atoms with Crippen LogP contribution in [0.5, 0.6) is 0 Å². The van der Waals surface area contributed by atoms with Crippen molar-refractivity contribution in [2.45, 2.75) is 26.0 Å². The van der Waals surface area contributed by atoms with Crippen LogP contribution in [0.2, 0.25) is 0 Å². The van der Waals surface area contributed by atoms with Crippen LogP contribution < -0.4 is 5.73 Å². The molecule has 0 spiro atoms. The van der Waals surface area contributed by atoms with Gasteiger partial charge < -0.3 is 15.2 Å². The number of carbonyl (C=O) groups is 1. The molecular formula is C14H19NO3. The minimum absolute atomic E-state index is 0.275. The Morgan fingerprint density at radius 1 is 1.50 bits per heavy atom. The lowest BCUT2D eigenvalue weighted by Crippen LogP contribution is -2.45. The Morgan fingerprint density at radius 3 is 2.72 bits per heavy atom. The van der Waals surface area contributed by atoms with Crippen LogP contribution in [0.25, 0.3) is 0 Å². The van der Waals surface area contributed by atoms with E-state index in [0.717, 1.165) is 5.56 Å². The first-order valence-electron chi connectivity index (χ1n) is 6.13. The van der Waals surface area contributed by atoms with Gasteiger partial charge in [0.25, 0.3) is 0 Å². The predicted octanol–water partition coefficient (Wildman–Crippen LogP) is 1.65. The van der Waals surface area contributed by atoms with Gasteiger partial charge in [-0.1, -0.05) is 30.3 Å². The normalized spacial score (nSPS) is 28.9. The van der Waals surface area contributed by atoms with Crippen LogP contribution in [0, 0.1) is 5.41 Å². The third-order valence-electron chi connectivity index (χ3n) is 3.54. The van der Waals surface area contributed by atoms with Crippen LogP contribution in [0.15, 0.2) is 30.3 Å². The van der Waals surface area contributed by atoms with Gasteiger partial charge in [-0.2, -0.15) is 0 Å². The second-order valence-corrected chi connectivity index (χ2v) is 5.00. The van der Waals surface area contributed by atoms with E-state index >= 15 is 0 Å². The van der Waals surface area contributed by atoms with Gasteiger partial charge in [-0.15, -0.1) is 0 Å². The fourth-order valence-electron chi connectivity index (χ4n) is 1.99. The van der Waals surface area contributed by atoms with Gasteiger partial charge in [-0.25, -0.2) is 0 Å². The van der Waals surface area contributed by atoms with Crippen molar-refractivity contribution in [2.24, 2.45) is 11.1 Å². The zero-order valence-electron chi connectivity index (χ0n) is 10.8. The third kappa shape index (κ3) is 2.40. The molecule has 0 saturated carbocycles. The maximum absolute atomic E-state index is 12.2. The maximum Gasteiger partial charge on any atom is 0.316 e. The average molecular weight is 249 g/mol. The Labute approximate surface area is 107 Å². The van der Waals surface area contributed by atoms with Gasteiger partial charge in [0.05, 0.1) is 13.2 Å². The average Bonchev–Trinajstić information content (AvgIpc) is 2.72. The van der Waals surface area contributed by atoms with Gasteiger partial charge in [0, 0.05) is 6.04 Å². The molecular weight excluding hydrogens is 230 g/mol. The van der Waals surface area contributed by atoms with E-state index in [0.29, 0.717) is 13.2 Å². The van der Waals surface area contributed by atoms with Crippen molar-refractivity contribution in [3.8, 4) is 0 Å². The number of carbonyl (C=O) groups excluding carboxylic acids is 1. The second-order valence-electron chi connectivity index (χ2n) is 5.00. The van der Waals surface area contributed by atoms with Crippen LogP contribution in [-0.2, 0) is 14.3 Å². The molecule has 0 bridgehead atoms. The van der Waals surface area contributed by atoms with E-state index in [1.54, 1.807) is 6.92 Å². The minimum atomic E-state index is -0.733. The molecule has 1 aromatic carbocycles. The molecule has 0 radical (unpaired) electrons. The molecule has 2 N–H and O–H groups in total. The van der Waals surface area contributed by atoms with Crippen molar-refractivity contribution in [3.63, 3.8) is 0 Å². The lowest BCUT2D eigenvalue weighted by Gasteiger charge is -2.26. The molecule has 4 heteroatoms. The number of ether oxygens (including phenoxy) is 2. The van der Waals surface area contributed by atoms with Crippen LogP contribution in [0.3, 0.4) is 0 Å². The summed E-state index contributed by atoms with van der Waals surface area (Å²) in [5.74, 6) is -0.288. The zero-order chi connectivity index (χ0) is 13.2. The van der Waals surface area contributed by atoms with Crippen LogP contribution in [-0.4, -0.2) is 25.2 Å². The summed E-state index contributed by atoms with van der Waals surface area (Å²) in [4.78, 5) is 12.2. The topological polar surface area (TPSA) is 61.5 Å². The number of hydrogen-bond acceptors (Lipinski definition) is 4. The molecule has 0 amide bonds. The Balaban J connectivity index is 2.04. The standard InChI is InChI=1S/C14H19NO3/c1-10(11-6-4-3-5-7-11)18-13(16)14(2)9-17-8-12(14)15/h3-7,10,12H,8-9,15H2,1-2H3. The first-order chi connectivity index (χ1) is 8.54. The molecule has 1 aromatic rings. The Bertz CT molecular complexity index is 420. The van der Waals surface area contributed by atoms with E-state index < -0.39 is 5.41 Å². The highest BCUT2D eigenvalue weighted by molar-refractivity contribution is 5.78. The summed E-state index contributed by atoms with van der Waals surface area (Å²) in [5.41, 5.74) is 6.14. The van der Waals surface area contributed by atoms with E-state index in [-0.39, 0.29) is 18.1 Å². The molecule has 3 unspecified atom stereocenters. The first-order valence-corrected chi connectivity index (χ1v) is 6.13. The molecule has 3 atom stereocenters. The van der Waals surface area contributed by atoms with Crippen LogP contribution in [0.4, 0.5) is 0 Å². The molecule has 4 nitrogen and oxygen atoms in total.